The zero-order valence-electron chi connectivity index (χ0n) is 30.4. The molecule has 0 saturated carbocycles. The van der Waals surface area contributed by atoms with Crippen molar-refractivity contribution in [1.29, 1.82) is 0 Å². The lowest BCUT2D eigenvalue weighted by atomic mass is 9.73. The number of rotatable bonds is 25. The van der Waals surface area contributed by atoms with Gasteiger partial charge in [-0.3, -0.25) is 28.8 Å². The Labute approximate surface area is 297 Å². The molecule has 0 aromatic carbocycles. The van der Waals surface area contributed by atoms with Crippen LogP contribution in [0.3, 0.4) is 0 Å². The molecular formula is C32H61ClN10O6. The Bertz CT molecular complexity index is 1100. The third kappa shape index (κ3) is 19.8. The predicted molar refractivity (Wildman–Crippen MR) is 191 cm³/mol. The first kappa shape index (κ1) is 47.5. The molecule has 0 radical (unpaired) electrons. The van der Waals surface area contributed by atoms with E-state index in [0.717, 1.165) is 6.42 Å². The van der Waals surface area contributed by atoms with E-state index in [1.165, 1.54) is 4.90 Å². The first-order valence-corrected chi connectivity index (χ1v) is 16.9. The van der Waals surface area contributed by atoms with Crippen LogP contribution in [0.2, 0.25) is 0 Å². The van der Waals surface area contributed by atoms with Gasteiger partial charge in [0.1, 0.15) is 6.54 Å². The predicted octanol–water partition coefficient (Wildman–Crippen LogP) is 1.98. The summed E-state index contributed by atoms with van der Waals surface area (Å²) < 4.78 is 0. The van der Waals surface area contributed by atoms with Crippen molar-refractivity contribution in [2.24, 2.45) is 39.9 Å². The summed E-state index contributed by atoms with van der Waals surface area (Å²) in [5, 5.41) is 17.1. The molecule has 0 heterocycles. The number of halogens is 1. The lowest BCUT2D eigenvalue weighted by molar-refractivity contribution is -0.137. The number of hydrogen-bond donors (Lipinski definition) is 6. The van der Waals surface area contributed by atoms with Gasteiger partial charge in [0, 0.05) is 74.3 Å². The highest BCUT2D eigenvalue weighted by molar-refractivity contribution is 5.86. The van der Waals surface area contributed by atoms with Crippen molar-refractivity contribution >= 4 is 47.9 Å². The van der Waals surface area contributed by atoms with Crippen LogP contribution in [-0.2, 0) is 28.8 Å². The van der Waals surface area contributed by atoms with E-state index in [9.17, 15) is 28.8 Å². The lowest BCUT2D eigenvalue weighted by Crippen LogP contribution is -2.45. The lowest BCUT2D eigenvalue weighted by Gasteiger charge is -2.33. The zero-order valence-corrected chi connectivity index (χ0v) is 31.2. The van der Waals surface area contributed by atoms with Crippen LogP contribution in [0.1, 0.15) is 86.0 Å². The van der Waals surface area contributed by atoms with Gasteiger partial charge in [-0.25, -0.2) is 0 Å². The molecule has 0 fully saturated rings. The Morgan fingerprint density at radius 2 is 1.43 bits per heavy atom. The fourth-order valence-corrected chi connectivity index (χ4v) is 5.08. The van der Waals surface area contributed by atoms with E-state index in [2.05, 4.69) is 36.6 Å². The highest BCUT2D eigenvalue weighted by Gasteiger charge is 2.39. The van der Waals surface area contributed by atoms with Crippen LogP contribution in [0, 0.1) is 29.1 Å². The van der Waals surface area contributed by atoms with Gasteiger partial charge in [0.25, 0.3) is 0 Å². The first-order valence-electron chi connectivity index (χ1n) is 16.9. The molecule has 16 nitrogen and oxygen atoms in total. The van der Waals surface area contributed by atoms with E-state index in [0.29, 0.717) is 45.2 Å². The highest BCUT2D eigenvalue weighted by Crippen LogP contribution is 2.36. The molecule has 0 bridgehead atoms. The number of unbranched alkanes of at least 4 members (excludes halogenated alkanes) is 2. The summed E-state index contributed by atoms with van der Waals surface area (Å²) in [5.74, 6) is -3.23. The molecule has 0 rings (SSSR count). The van der Waals surface area contributed by atoms with Gasteiger partial charge in [-0.15, -0.1) is 12.4 Å². The van der Waals surface area contributed by atoms with Crippen LogP contribution < -0.4 is 32.3 Å². The molecule has 0 aliphatic carbocycles. The molecule has 0 aliphatic rings. The second kappa shape index (κ2) is 26.3. The van der Waals surface area contributed by atoms with Gasteiger partial charge in [0.05, 0.1) is 6.67 Å². The summed E-state index contributed by atoms with van der Waals surface area (Å²) in [5.41, 5.74) is 12.9. The van der Waals surface area contributed by atoms with Gasteiger partial charge in [0.15, 0.2) is 0 Å². The van der Waals surface area contributed by atoms with Crippen LogP contribution >= 0.6 is 12.4 Å². The van der Waals surface area contributed by atoms with Gasteiger partial charge in [-0.1, -0.05) is 39.7 Å². The van der Waals surface area contributed by atoms with Crippen molar-refractivity contribution < 1.29 is 28.8 Å². The van der Waals surface area contributed by atoms with Crippen LogP contribution in [0.15, 0.2) is 5.11 Å². The SMILES string of the molecule is CCC(C)C(=O)NCNC(=O)C(C)CCC(C)(CC(CC(C)C(=O)N(C)C)C(=O)NCCCCCNC(=O)CN=[N+]=[N-])C(=O)NCCN.Cl. The molecule has 17 heteroatoms. The number of amides is 6. The summed E-state index contributed by atoms with van der Waals surface area (Å²) in [7, 11) is 3.30. The number of carbonyl (C=O) groups excluding carboxylic acids is 6. The van der Waals surface area contributed by atoms with E-state index >= 15 is 0 Å². The fraction of sp³-hybridized carbons (Fsp3) is 0.812. The molecule has 0 saturated heterocycles. The topological polar surface area (TPSA) is 241 Å². The Hall–Kier alpha value is -3.62. The third-order valence-electron chi connectivity index (χ3n) is 8.46. The van der Waals surface area contributed by atoms with Crippen LogP contribution in [0.5, 0.6) is 0 Å². The van der Waals surface area contributed by atoms with E-state index in [1.807, 2.05) is 13.8 Å². The molecule has 0 aliphatic heterocycles. The number of azide groups is 1. The summed E-state index contributed by atoms with van der Waals surface area (Å²) in [6.07, 6.45) is 3.75. The number of nitrogens with zero attached hydrogens (tertiary/aromatic N) is 4. The maximum absolute atomic E-state index is 13.6. The van der Waals surface area contributed by atoms with E-state index < -0.39 is 23.2 Å². The maximum atomic E-state index is 13.6. The number of hydrogen-bond acceptors (Lipinski definition) is 8. The normalized spacial score (nSPS) is 14.2. The smallest absolute Gasteiger partial charge is 0.226 e. The maximum Gasteiger partial charge on any atom is 0.226 e. The summed E-state index contributed by atoms with van der Waals surface area (Å²) in [6.45, 7) is 10.0. The Morgan fingerprint density at radius 1 is 0.837 bits per heavy atom. The van der Waals surface area contributed by atoms with Crippen molar-refractivity contribution in [1.82, 2.24) is 31.5 Å². The van der Waals surface area contributed by atoms with E-state index in [1.54, 1.807) is 34.9 Å². The van der Waals surface area contributed by atoms with Gasteiger partial charge in [-0.2, -0.15) is 0 Å². The van der Waals surface area contributed by atoms with Crippen molar-refractivity contribution in [2.75, 3.05) is 53.5 Å². The first-order chi connectivity index (χ1) is 22.6. The molecule has 5 atom stereocenters. The van der Waals surface area contributed by atoms with Gasteiger partial charge in [-0.05, 0) is 56.9 Å². The molecule has 0 spiro atoms. The second-order valence-electron chi connectivity index (χ2n) is 13.0. The van der Waals surface area contributed by atoms with Gasteiger partial charge in [0.2, 0.25) is 35.4 Å². The van der Waals surface area contributed by atoms with Crippen LogP contribution in [-0.4, -0.2) is 93.8 Å². The second-order valence-corrected chi connectivity index (χ2v) is 13.0. The molecule has 49 heavy (non-hydrogen) atoms. The standard InChI is InChI=1S/C32H60N10O6.ClH/c1-8-22(2)27(44)38-21-39-28(45)23(3)12-13-32(5,31(48)37-17-14-33)19-25(18-24(4)30(47)42(6)7)29(46)36-16-11-9-10-15-35-26(43)20-40-41-34;/h22-25H,8-21,33H2,1-7H3,(H,35,43)(H,36,46)(H,37,48)(H,38,44)(H,39,45);1H. The number of nitrogens with one attached hydrogen (secondary N) is 5. The molecule has 0 aromatic rings. The third-order valence-corrected chi connectivity index (χ3v) is 8.46. The summed E-state index contributed by atoms with van der Waals surface area (Å²) in [6, 6.07) is 0. The average Bonchev–Trinajstić information content (AvgIpc) is 3.06. The zero-order chi connectivity index (χ0) is 36.7. The van der Waals surface area contributed by atoms with Crippen molar-refractivity contribution in [3.05, 3.63) is 10.4 Å². The van der Waals surface area contributed by atoms with Crippen molar-refractivity contribution in [3.8, 4) is 0 Å². The van der Waals surface area contributed by atoms with E-state index in [-0.39, 0.29) is 92.9 Å². The molecule has 5 unspecified atom stereocenters. The van der Waals surface area contributed by atoms with Gasteiger partial charge < -0.3 is 37.2 Å². The quantitative estimate of drug-likeness (QED) is 0.0270. The minimum Gasteiger partial charge on any atom is -0.356 e. The Morgan fingerprint density at radius 3 is 1.98 bits per heavy atom. The number of carbonyl (C=O) groups is 6. The minimum atomic E-state index is -1.05. The largest absolute Gasteiger partial charge is 0.356 e. The summed E-state index contributed by atoms with van der Waals surface area (Å²) in [4.78, 5) is 80.3. The molecule has 282 valence electrons. The van der Waals surface area contributed by atoms with Crippen LogP contribution in [0.4, 0.5) is 0 Å². The Balaban J connectivity index is 0. The van der Waals surface area contributed by atoms with Gasteiger partial charge >= 0.3 is 0 Å². The molecule has 7 N–H and O–H groups in total. The molecular weight excluding hydrogens is 656 g/mol. The van der Waals surface area contributed by atoms with Crippen molar-refractivity contribution in [3.63, 3.8) is 0 Å². The Kier molecular flexibility index (Phi) is 25.5. The molecule has 0 aromatic heterocycles. The minimum absolute atomic E-state index is 0. The number of nitrogens with two attached hydrogens (primary N) is 1. The molecule has 6 amide bonds. The fourth-order valence-electron chi connectivity index (χ4n) is 5.08. The summed E-state index contributed by atoms with van der Waals surface area (Å²) >= 11 is 0. The highest BCUT2D eigenvalue weighted by atomic mass is 35.5. The van der Waals surface area contributed by atoms with E-state index in [4.69, 9.17) is 11.3 Å². The van der Waals surface area contributed by atoms with Crippen LogP contribution in [0.25, 0.3) is 10.4 Å². The average molecular weight is 717 g/mol. The van der Waals surface area contributed by atoms with Crippen molar-refractivity contribution in [2.45, 2.75) is 86.0 Å². The monoisotopic (exact) mass is 716 g/mol.